The highest BCUT2D eigenvalue weighted by atomic mass is 79.9. The van der Waals surface area contributed by atoms with Crippen LogP contribution in [-0.2, 0) is 11.2 Å². The Hall–Kier alpha value is -0.830. The third-order valence-electron chi connectivity index (χ3n) is 2.13. The molecule has 1 aromatic carbocycles. The van der Waals surface area contributed by atoms with E-state index >= 15 is 0 Å². The van der Waals surface area contributed by atoms with Crippen LogP contribution < -0.4 is 5.32 Å². The molecule has 1 rings (SSSR count). The van der Waals surface area contributed by atoms with Crippen LogP contribution >= 0.6 is 15.9 Å². The average molecular weight is 270 g/mol. The number of hydrogen-bond acceptors (Lipinski definition) is 1. The standard InChI is InChI=1S/C12H16BrNO/c1-2-3-12(15)14-9-8-10-4-6-11(13)7-5-10/h4-7H,2-3,8-9H2,1H3,(H,14,15). The van der Waals surface area contributed by atoms with E-state index in [1.54, 1.807) is 0 Å². The van der Waals surface area contributed by atoms with Gasteiger partial charge in [-0.05, 0) is 30.5 Å². The van der Waals surface area contributed by atoms with Crippen LogP contribution in [0.2, 0.25) is 0 Å². The largest absolute Gasteiger partial charge is 0.356 e. The minimum atomic E-state index is 0.148. The molecule has 0 aromatic heterocycles. The van der Waals surface area contributed by atoms with Crippen molar-refractivity contribution in [2.75, 3.05) is 6.54 Å². The van der Waals surface area contributed by atoms with Gasteiger partial charge in [0.25, 0.3) is 0 Å². The molecule has 0 fully saturated rings. The summed E-state index contributed by atoms with van der Waals surface area (Å²) in [6.07, 6.45) is 2.42. The highest BCUT2D eigenvalue weighted by molar-refractivity contribution is 9.10. The van der Waals surface area contributed by atoms with Crippen molar-refractivity contribution in [3.05, 3.63) is 34.3 Å². The summed E-state index contributed by atoms with van der Waals surface area (Å²) in [5, 5.41) is 2.90. The van der Waals surface area contributed by atoms with E-state index in [-0.39, 0.29) is 5.91 Å². The van der Waals surface area contributed by atoms with E-state index in [2.05, 4.69) is 33.4 Å². The van der Waals surface area contributed by atoms with Gasteiger partial charge in [0.05, 0.1) is 0 Å². The van der Waals surface area contributed by atoms with Gasteiger partial charge in [-0.25, -0.2) is 0 Å². The van der Waals surface area contributed by atoms with Crippen molar-refractivity contribution in [3.63, 3.8) is 0 Å². The Morgan fingerprint density at radius 2 is 2.00 bits per heavy atom. The number of nitrogens with one attached hydrogen (secondary N) is 1. The SMILES string of the molecule is CCCC(=O)NCCc1ccc(Br)cc1. The van der Waals surface area contributed by atoms with E-state index in [0.29, 0.717) is 6.42 Å². The van der Waals surface area contributed by atoms with Crippen LogP contribution in [0.5, 0.6) is 0 Å². The van der Waals surface area contributed by atoms with Gasteiger partial charge in [-0.15, -0.1) is 0 Å². The summed E-state index contributed by atoms with van der Waals surface area (Å²) in [4.78, 5) is 11.2. The zero-order valence-electron chi connectivity index (χ0n) is 8.92. The molecule has 1 aromatic rings. The maximum atomic E-state index is 11.2. The van der Waals surface area contributed by atoms with Crippen LogP contribution in [0, 0.1) is 0 Å². The fourth-order valence-electron chi connectivity index (χ4n) is 1.31. The molecular formula is C12H16BrNO. The van der Waals surface area contributed by atoms with E-state index in [1.165, 1.54) is 5.56 Å². The number of halogens is 1. The summed E-state index contributed by atoms with van der Waals surface area (Å²) in [7, 11) is 0. The summed E-state index contributed by atoms with van der Waals surface area (Å²) in [5.74, 6) is 0.148. The first-order valence-corrected chi connectivity index (χ1v) is 6.03. The first-order valence-electron chi connectivity index (χ1n) is 5.23. The lowest BCUT2D eigenvalue weighted by molar-refractivity contribution is -0.121. The van der Waals surface area contributed by atoms with Gasteiger partial charge >= 0.3 is 0 Å². The second-order valence-electron chi connectivity index (χ2n) is 3.48. The van der Waals surface area contributed by atoms with Gasteiger partial charge in [-0.3, -0.25) is 4.79 Å². The second kappa shape index (κ2) is 6.62. The smallest absolute Gasteiger partial charge is 0.219 e. The number of carbonyl (C=O) groups excluding carboxylic acids is 1. The Labute approximate surface area is 99.2 Å². The molecule has 1 N–H and O–H groups in total. The minimum Gasteiger partial charge on any atom is -0.356 e. The van der Waals surface area contributed by atoms with E-state index in [9.17, 15) is 4.79 Å². The Morgan fingerprint density at radius 1 is 1.33 bits per heavy atom. The molecule has 0 spiro atoms. The Balaban J connectivity index is 2.26. The molecule has 0 radical (unpaired) electrons. The molecule has 0 unspecified atom stereocenters. The van der Waals surface area contributed by atoms with Gasteiger partial charge in [0, 0.05) is 17.4 Å². The van der Waals surface area contributed by atoms with Gasteiger partial charge in [0.2, 0.25) is 5.91 Å². The van der Waals surface area contributed by atoms with Crippen LogP contribution in [0.15, 0.2) is 28.7 Å². The zero-order chi connectivity index (χ0) is 11.1. The van der Waals surface area contributed by atoms with Crippen LogP contribution in [0.1, 0.15) is 25.3 Å². The lowest BCUT2D eigenvalue weighted by Crippen LogP contribution is -2.25. The zero-order valence-corrected chi connectivity index (χ0v) is 10.5. The lowest BCUT2D eigenvalue weighted by Gasteiger charge is -2.04. The predicted octanol–water partition coefficient (Wildman–Crippen LogP) is 2.91. The lowest BCUT2D eigenvalue weighted by atomic mass is 10.1. The molecule has 0 bridgehead atoms. The molecular weight excluding hydrogens is 254 g/mol. The van der Waals surface area contributed by atoms with Gasteiger partial charge in [-0.1, -0.05) is 35.0 Å². The molecule has 0 atom stereocenters. The number of benzene rings is 1. The minimum absolute atomic E-state index is 0.148. The topological polar surface area (TPSA) is 29.1 Å². The molecule has 0 saturated carbocycles. The van der Waals surface area contributed by atoms with Crippen LogP contribution in [0.3, 0.4) is 0 Å². The molecule has 0 aliphatic carbocycles. The van der Waals surface area contributed by atoms with Crippen LogP contribution in [0.4, 0.5) is 0 Å². The Bertz CT molecular complexity index is 308. The Kier molecular flexibility index (Phi) is 5.40. The van der Waals surface area contributed by atoms with Crippen LogP contribution in [0.25, 0.3) is 0 Å². The molecule has 0 aliphatic rings. The first kappa shape index (κ1) is 12.2. The fourth-order valence-corrected chi connectivity index (χ4v) is 1.58. The Morgan fingerprint density at radius 3 is 2.60 bits per heavy atom. The quantitative estimate of drug-likeness (QED) is 0.875. The van der Waals surface area contributed by atoms with Gasteiger partial charge in [-0.2, -0.15) is 0 Å². The monoisotopic (exact) mass is 269 g/mol. The summed E-state index contributed by atoms with van der Waals surface area (Å²) in [6, 6.07) is 8.17. The predicted molar refractivity (Wildman–Crippen MR) is 65.8 cm³/mol. The van der Waals surface area contributed by atoms with Crippen molar-refractivity contribution < 1.29 is 4.79 Å². The molecule has 3 heteroatoms. The van der Waals surface area contributed by atoms with Crippen molar-refractivity contribution >= 4 is 21.8 Å². The van der Waals surface area contributed by atoms with Gasteiger partial charge in [0.15, 0.2) is 0 Å². The molecule has 15 heavy (non-hydrogen) atoms. The summed E-state index contributed by atoms with van der Waals surface area (Å²) in [5.41, 5.74) is 1.25. The number of hydrogen-bond donors (Lipinski definition) is 1. The highest BCUT2D eigenvalue weighted by Crippen LogP contribution is 2.10. The normalized spacial score (nSPS) is 10.0. The summed E-state index contributed by atoms with van der Waals surface area (Å²) in [6.45, 7) is 2.73. The maximum Gasteiger partial charge on any atom is 0.219 e. The summed E-state index contributed by atoms with van der Waals surface area (Å²) < 4.78 is 1.08. The molecule has 82 valence electrons. The molecule has 1 amide bonds. The van der Waals surface area contributed by atoms with Crippen molar-refractivity contribution in [1.82, 2.24) is 5.32 Å². The maximum absolute atomic E-state index is 11.2. The number of carbonyl (C=O) groups is 1. The molecule has 2 nitrogen and oxygen atoms in total. The highest BCUT2D eigenvalue weighted by Gasteiger charge is 1.98. The molecule has 0 saturated heterocycles. The second-order valence-corrected chi connectivity index (χ2v) is 4.39. The van der Waals surface area contributed by atoms with E-state index in [0.717, 1.165) is 23.9 Å². The molecule has 0 heterocycles. The van der Waals surface area contributed by atoms with Crippen molar-refractivity contribution in [3.8, 4) is 0 Å². The number of amides is 1. The first-order chi connectivity index (χ1) is 7.22. The third kappa shape index (κ3) is 4.98. The molecule has 0 aliphatic heterocycles. The van der Waals surface area contributed by atoms with E-state index in [4.69, 9.17) is 0 Å². The van der Waals surface area contributed by atoms with Crippen LogP contribution in [-0.4, -0.2) is 12.5 Å². The van der Waals surface area contributed by atoms with E-state index < -0.39 is 0 Å². The third-order valence-corrected chi connectivity index (χ3v) is 2.65. The summed E-state index contributed by atoms with van der Waals surface area (Å²) >= 11 is 3.39. The van der Waals surface area contributed by atoms with Crippen molar-refractivity contribution in [1.29, 1.82) is 0 Å². The van der Waals surface area contributed by atoms with Crippen molar-refractivity contribution in [2.45, 2.75) is 26.2 Å². The van der Waals surface area contributed by atoms with Gasteiger partial charge in [0.1, 0.15) is 0 Å². The number of rotatable bonds is 5. The van der Waals surface area contributed by atoms with E-state index in [1.807, 2.05) is 19.1 Å². The van der Waals surface area contributed by atoms with Crippen molar-refractivity contribution in [2.24, 2.45) is 0 Å². The average Bonchev–Trinajstić information content (AvgIpc) is 2.21. The fraction of sp³-hybridized carbons (Fsp3) is 0.417. The van der Waals surface area contributed by atoms with Gasteiger partial charge < -0.3 is 5.32 Å².